The number of carbonyl (C=O) groups is 2. The van der Waals surface area contributed by atoms with Gasteiger partial charge in [0.2, 0.25) is 5.91 Å². The first-order chi connectivity index (χ1) is 7.37. The van der Waals surface area contributed by atoms with Crippen LogP contribution in [-0.4, -0.2) is 54.3 Å². The maximum Gasteiger partial charge on any atom is 0.302 e. The molecule has 0 fully saturated rings. The number of hydrogen-bond donors (Lipinski definition) is 2. The Morgan fingerprint density at radius 2 is 0.900 bits per heavy atom. The highest BCUT2D eigenvalue weighted by Gasteiger charge is 1.75. The van der Waals surface area contributed by atoms with Crippen molar-refractivity contribution in [2.45, 2.75) is 43.6 Å². The van der Waals surface area contributed by atoms with Crippen molar-refractivity contribution in [1.29, 1.82) is 0 Å². The largest absolute Gasteiger partial charge is 0.469 e. The van der Waals surface area contributed by atoms with E-state index in [-0.39, 0.29) is 41.6 Å². The monoisotopic (exact) mass is 302 g/mol. The van der Waals surface area contributed by atoms with E-state index in [1.165, 1.54) is 21.0 Å². The van der Waals surface area contributed by atoms with Gasteiger partial charge in [-0.25, -0.2) is 0 Å². The van der Waals surface area contributed by atoms with Gasteiger partial charge in [-0.2, -0.15) is 0 Å². The van der Waals surface area contributed by atoms with E-state index in [0.29, 0.717) is 0 Å². The zero-order valence-electron chi connectivity index (χ0n) is 11.6. The van der Waals surface area contributed by atoms with Gasteiger partial charge in [0.25, 0.3) is 0 Å². The van der Waals surface area contributed by atoms with E-state index in [0.717, 1.165) is 0 Å². The molecule has 6 nitrogen and oxygen atoms in total. The molecule has 2 N–H and O–H groups in total. The molecule has 1 amide bonds. The topological polar surface area (TPSA) is 76.7 Å². The molecule has 0 aromatic rings. The third kappa shape index (κ3) is 518. The van der Waals surface area contributed by atoms with Crippen LogP contribution in [0.3, 0.4) is 0 Å². The number of carbonyl (C=O) groups excluding carboxylic acids is 2. The van der Waals surface area contributed by atoms with E-state index in [1.807, 2.05) is 14.1 Å². The van der Waals surface area contributed by atoms with E-state index in [9.17, 15) is 9.59 Å². The highest BCUT2D eigenvalue weighted by atomic mass is 16.5. The third-order valence-electron chi connectivity index (χ3n) is 0.640. The summed E-state index contributed by atoms with van der Waals surface area (Å²) in [6.45, 7) is 2.83. The van der Waals surface area contributed by atoms with Crippen LogP contribution in [0.2, 0.25) is 0 Å². The molecule has 0 saturated carbocycles. The fourth-order valence-electron chi connectivity index (χ4n) is 0. The van der Waals surface area contributed by atoms with Crippen LogP contribution in [0.1, 0.15) is 43.6 Å². The van der Waals surface area contributed by atoms with E-state index in [1.54, 1.807) is 21.3 Å². The zero-order valence-corrected chi connectivity index (χ0v) is 11.6. The van der Waals surface area contributed by atoms with Gasteiger partial charge >= 0.3 is 5.97 Å². The smallest absolute Gasteiger partial charge is 0.302 e. The van der Waals surface area contributed by atoms with Gasteiger partial charge in [0.15, 0.2) is 0 Å². The van der Waals surface area contributed by atoms with Crippen molar-refractivity contribution in [2.75, 3.05) is 42.5 Å². The minimum Gasteiger partial charge on any atom is -0.469 e. The number of esters is 1. The Hall–Kier alpha value is -1.14. The second-order valence-electron chi connectivity index (χ2n) is 2.41. The molecule has 0 saturated heterocycles. The molecule has 0 aliphatic rings. The standard InChI is InChI=1S/C3H7NO.C3H6O2.C2H7N.C2H6O.4CH4/c1-3(5)4-2;1-3(4)5-2;2*1-3-2;;;;/h1-2H3,(H,4,5);1-2H3;3H,1-2H3;1-2H3;4*1H4. The van der Waals surface area contributed by atoms with Gasteiger partial charge in [-0.3, -0.25) is 9.59 Å². The molecule has 20 heavy (non-hydrogen) atoms. The quantitative estimate of drug-likeness (QED) is 0.673. The summed E-state index contributed by atoms with van der Waals surface area (Å²) in [6.07, 6.45) is 0. The number of nitrogens with one attached hydrogen (secondary N) is 2. The van der Waals surface area contributed by atoms with Crippen molar-refractivity contribution < 1.29 is 19.1 Å². The van der Waals surface area contributed by atoms with Gasteiger partial charge in [-0.05, 0) is 14.1 Å². The predicted octanol–water partition coefficient (Wildman–Crippen LogP) is 2.57. The van der Waals surface area contributed by atoms with Crippen molar-refractivity contribution in [3.05, 3.63) is 0 Å². The molecule has 0 aliphatic carbocycles. The van der Waals surface area contributed by atoms with Crippen molar-refractivity contribution in [2.24, 2.45) is 0 Å². The van der Waals surface area contributed by atoms with Gasteiger partial charge < -0.3 is 20.1 Å². The van der Waals surface area contributed by atoms with Crippen molar-refractivity contribution in [3.63, 3.8) is 0 Å². The van der Waals surface area contributed by atoms with Gasteiger partial charge in [-0.15, -0.1) is 0 Å². The summed E-state index contributed by atoms with van der Waals surface area (Å²) in [6, 6.07) is 0. The Balaban J connectivity index is -0.0000000154. The summed E-state index contributed by atoms with van der Waals surface area (Å²) >= 11 is 0. The molecule has 0 heterocycles. The molecule has 6 heteroatoms. The van der Waals surface area contributed by atoms with Crippen LogP contribution < -0.4 is 10.6 Å². The molecule has 0 aromatic heterocycles. The Bertz CT molecular complexity index is 127. The summed E-state index contributed by atoms with van der Waals surface area (Å²) < 4.78 is 8.36. The molecule has 0 atom stereocenters. The lowest BCUT2D eigenvalue weighted by Crippen LogP contribution is -2.11. The maximum atomic E-state index is 9.70. The van der Waals surface area contributed by atoms with Crippen molar-refractivity contribution >= 4 is 11.9 Å². The molecule has 0 spiro atoms. The first-order valence-corrected chi connectivity index (χ1v) is 4.59. The van der Waals surface area contributed by atoms with Crippen LogP contribution in [0.5, 0.6) is 0 Å². The molecule has 0 rings (SSSR count). The van der Waals surface area contributed by atoms with Gasteiger partial charge in [0, 0.05) is 35.1 Å². The van der Waals surface area contributed by atoms with Gasteiger partial charge in [-0.1, -0.05) is 29.7 Å². The third-order valence-corrected chi connectivity index (χ3v) is 0.640. The van der Waals surface area contributed by atoms with Crippen LogP contribution >= 0.6 is 0 Å². The van der Waals surface area contributed by atoms with Crippen molar-refractivity contribution in [3.8, 4) is 0 Å². The lowest BCUT2D eigenvalue weighted by atomic mass is 10.7. The molecule has 0 unspecified atom stereocenters. The summed E-state index contributed by atoms with van der Waals surface area (Å²) in [5.41, 5.74) is 0. The van der Waals surface area contributed by atoms with E-state index >= 15 is 0 Å². The van der Waals surface area contributed by atoms with Crippen LogP contribution in [0.15, 0.2) is 0 Å². The average molecular weight is 303 g/mol. The molecule has 0 radical (unpaired) electrons. The second-order valence-corrected chi connectivity index (χ2v) is 2.41. The van der Waals surface area contributed by atoms with Gasteiger partial charge in [0.05, 0.1) is 7.11 Å². The fourth-order valence-corrected chi connectivity index (χ4v) is 0. The van der Waals surface area contributed by atoms with E-state index in [2.05, 4.69) is 20.1 Å². The Morgan fingerprint density at radius 3 is 0.900 bits per heavy atom. The molecule has 0 aromatic carbocycles. The lowest BCUT2D eigenvalue weighted by Gasteiger charge is -1.80. The fraction of sp³-hybridized carbons (Fsp3) is 0.857. The first-order valence-electron chi connectivity index (χ1n) is 4.59. The molecular weight excluding hydrogens is 260 g/mol. The summed E-state index contributed by atoms with van der Waals surface area (Å²) in [4.78, 5) is 19.3. The second kappa shape index (κ2) is 64.7. The van der Waals surface area contributed by atoms with Crippen LogP contribution in [0.4, 0.5) is 0 Å². The minimum absolute atomic E-state index is 0. The van der Waals surface area contributed by atoms with Crippen LogP contribution in [-0.2, 0) is 19.1 Å². The number of hydrogen-bond acceptors (Lipinski definition) is 5. The summed E-state index contributed by atoms with van der Waals surface area (Å²) in [5, 5.41) is 5.14. The minimum atomic E-state index is -0.245. The summed E-state index contributed by atoms with van der Waals surface area (Å²) in [7, 11) is 9.95. The van der Waals surface area contributed by atoms with Crippen LogP contribution in [0, 0.1) is 0 Å². The summed E-state index contributed by atoms with van der Waals surface area (Å²) in [5.74, 6) is -0.241. The maximum absolute atomic E-state index is 9.70. The van der Waals surface area contributed by atoms with E-state index in [4.69, 9.17) is 0 Å². The molecule has 0 aliphatic heterocycles. The SMILES string of the molecule is C.C.C.C.CNC.CNC(C)=O.COC.COC(C)=O. The number of methoxy groups -OCH3 is 2. The highest BCUT2D eigenvalue weighted by Crippen LogP contribution is 1.60. The highest BCUT2D eigenvalue weighted by molar-refractivity contribution is 5.72. The van der Waals surface area contributed by atoms with E-state index < -0.39 is 0 Å². The first kappa shape index (κ1) is 51.0. The van der Waals surface area contributed by atoms with Crippen LogP contribution in [0.25, 0.3) is 0 Å². The zero-order chi connectivity index (χ0) is 14.0. The Kier molecular flexibility index (Phi) is 165. The Morgan fingerprint density at radius 1 is 0.800 bits per heavy atom. The molecular formula is C14H42N2O4. The Labute approximate surface area is 128 Å². The number of amides is 1. The molecule has 0 bridgehead atoms. The number of ether oxygens (including phenoxy) is 2. The average Bonchev–Trinajstić information content (AvgIpc) is 2.21. The molecule has 132 valence electrons. The lowest BCUT2D eigenvalue weighted by molar-refractivity contribution is -0.137. The van der Waals surface area contributed by atoms with Crippen molar-refractivity contribution in [1.82, 2.24) is 10.6 Å². The van der Waals surface area contributed by atoms with Gasteiger partial charge in [0.1, 0.15) is 0 Å². The normalized spacial score (nSPS) is 5.20. The number of rotatable bonds is 0. The predicted molar refractivity (Wildman–Crippen MR) is 92.3 cm³/mol.